The zero-order chi connectivity index (χ0) is 15.6. The van der Waals surface area contributed by atoms with Crippen LogP contribution in [0.25, 0.3) is 0 Å². The maximum absolute atomic E-state index is 12.4. The Labute approximate surface area is 129 Å². The monoisotopic (exact) mass is 301 g/mol. The van der Waals surface area contributed by atoms with E-state index in [-0.39, 0.29) is 23.2 Å². The molecule has 1 aliphatic carbocycles. The number of hydrogen-bond acceptors (Lipinski definition) is 3. The van der Waals surface area contributed by atoms with Gasteiger partial charge in [-0.05, 0) is 36.6 Å². The van der Waals surface area contributed by atoms with E-state index < -0.39 is 0 Å². The fourth-order valence-electron chi connectivity index (χ4n) is 2.01. The summed E-state index contributed by atoms with van der Waals surface area (Å²) in [4.78, 5) is 28.6. The van der Waals surface area contributed by atoms with Gasteiger partial charge in [-0.15, -0.1) is 0 Å². The van der Waals surface area contributed by atoms with E-state index in [1.807, 2.05) is 13.8 Å². The standard InChI is InChI=1S/C17H16ClNO2/c1-10(2)14-8-15(20)11(3)16(17(14)21)19-9-12-4-6-13(18)7-5-12/h4-10H,1-3H3. The van der Waals surface area contributed by atoms with Crippen LogP contribution in [0.15, 0.2) is 52.2 Å². The van der Waals surface area contributed by atoms with E-state index >= 15 is 0 Å². The first-order chi connectivity index (χ1) is 9.90. The van der Waals surface area contributed by atoms with Crippen molar-refractivity contribution in [3.8, 4) is 0 Å². The van der Waals surface area contributed by atoms with Gasteiger partial charge in [0.05, 0.1) is 0 Å². The quantitative estimate of drug-likeness (QED) is 0.630. The lowest BCUT2D eigenvalue weighted by atomic mass is 9.88. The van der Waals surface area contributed by atoms with E-state index in [4.69, 9.17) is 11.6 Å². The molecule has 2 rings (SSSR count). The molecule has 0 aromatic heterocycles. The van der Waals surface area contributed by atoms with E-state index in [1.165, 1.54) is 6.08 Å². The number of aliphatic imine (C=N–C) groups is 1. The van der Waals surface area contributed by atoms with Crippen LogP contribution in [0.2, 0.25) is 5.02 Å². The third-order valence-electron chi connectivity index (χ3n) is 3.32. The van der Waals surface area contributed by atoms with Crippen molar-refractivity contribution in [2.75, 3.05) is 0 Å². The molecular weight excluding hydrogens is 286 g/mol. The molecule has 0 heterocycles. The van der Waals surface area contributed by atoms with Gasteiger partial charge < -0.3 is 0 Å². The molecule has 0 radical (unpaired) electrons. The molecule has 0 fully saturated rings. The summed E-state index contributed by atoms with van der Waals surface area (Å²) >= 11 is 5.82. The average Bonchev–Trinajstić information content (AvgIpc) is 2.44. The van der Waals surface area contributed by atoms with Crippen LogP contribution in [0, 0.1) is 5.92 Å². The second-order valence-corrected chi connectivity index (χ2v) is 5.67. The Balaban J connectivity index is 2.33. The summed E-state index contributed by atoms with van der Waals surface area (Å²) in [5.41, 5.74) is 1.94. The highest BCUT2D eigenvalue weighted by Gasteiger charge is 2.27. The number of rotatable bonds is 3. The highest BCUT2D eigenvalue weighted by molar-refractivity contribution is 6.30. The van der Waals surface area contributed by atoms with Crippen molar-refractivity contribution in [3.05, 3.63) is 57.8 Å². The molecule has 4 heteroatoms. The zero-order valence-corrected chi connectivity index (χ0v) is 12.9. The predicted molar refractivity (Wildman–Crippen MR) is 84.7 cm³/mol. The van der Waals surface area contributed by atoms with Gasteiger partial charge in [-0.25, -0.2) is 0 Å². The van der Waals surface area contributed by atoms with Crippen molar-refractivity contribution < 1.29 is 9.59 Å². The molecule has 1 aliphatic rings. The number of allylic oxidation sites excluding steroid dienone is 3. The minimum absolute atomic E-state index is 0.00437. The highest BCUT2D eigenvalue weighted by atomic mass is 35.5. The van der Waals surface area contributed by atoms with Crippen molar-refractivity contribution >= 4 is 29.4 Å². The first-order valence-electron chi connectivity index (χ1n) is 6.71. The van der Waals surface area contributed by atoms with Crippen LogP contribution in [-0.4, -0.2) is 17.8 Å². The Morgan fingerprint density at radius 1 is 1.14 bits per heavy atom. The molecule has 0 unspecified atom stereocenters. The van der Waals surface area contributed by atoms with Gasteiger partial charge in [0.2, 0.25) is 5.78 Å². The number of hydrogen-bond donors (Lipinski definition) is 0. The Morgan fingerprint density at radius 2 is 1.76 bits per heavy atom. The molecule has 3 nitrogen and oxygen atoms in total. The lowest BCUT2D eigenvalue weighted by Crippen LogP contribution is -2.20. The van der Waals surface area contributed by atoms with Crippen LogP contribution in [0.1, 0.15) is 26.3 Å². The van der Waals surface area contributed by atoms with Gasteiger partial charge in [0.1, 0.15) is 5.70 Å². The first-order valence-corrected chi connectivity index (χ1v) is 7.09. The minimum Gasteiger partial charge on any atom is -0.290 e. The molecule has 0 bridgehead atoms. The Kier molecular flexibility index (Phi) is 4.53. The number of benzene rings is 1. The summed E-state index contributed by atoms with van der Waals surface area (Å²) in [7, 11) is 0. The topological polar surface area (TPSA) is 46.5 Å². The van der Waals surface area contributed by atoms with Gasteiger partial charge in [0.25, 0.3) is 0 Å². The molecule has 0 atom stereocenters. The van der Waals surface area contributed by atoms with Crippen LogP contribution in [-0.2, 0) is 9.59 Å². The third-order valence-corrected chi connectivity index (χ3v) is 3.58. The predicted octanol–water partition coefficient (Wildman–Crippen LogP) is 3.77. The lowest BCUT2D eigenvalue weighted by molar-refractivity contribution is -0.116. The van der Waals surface area contributed by atoms with E-state index in [2.05, 4.69) is 4.99 Å². The number of carbonyl (C=O) groups excluding carboxylic acids is 2. The molecule has 1 aromatic carbocycles. The van der Waals surface area contributed by atoms with Crippen molar-refractivity contribution in [2.45, 2.75) is 20.8 Å². The van der Waals surface area contributed by atoms with Gasteiger partial charge in [0.15, 0.2) is 5.78 Å². The number of nitrogens with zero attached hydrogens (tertiary/aromatic N) is 1. The van der Waals surface area contributed by atoms with E-state index in [9.17, 15) is 9.59 Å². The first kappa shape index (κ1) is 15.4. The van der Waals surface area contributed by atoms with Crippen LogP contribution >= 0.6 is 11.6 Å². The molecule has 21 heavy (non-hydrogen) atoms. The molecule has 0 spiro atoms. The van der Waals surface area contributed by atoms with Crippen molar-refractivity contribution in [2.24, 2.45) is 10.9 Å². The molecular formula is C17H16ClNO2. The maximum atomic E-state index is 12.4. The normalized spacial score (nSPS) is 16.1. The zero-order valence-electron chi connectivity index (χ0n) is 12.2. The molecule has 0 aliphatic heterocycles. The minimum atomic E-state index is -0.174. The molecule has 108 valence electrons. The van der Waals surface area contributed by atoms with Gasteiger partial charge >= 0.3 is 0 Å². The summed E-state index contributed by atoms with van der Waals surface area (Å²) < 4.78 is 0. The lowest BCUT2D eigenvalue weighted by Gasteiger charge is -2.16. The van der Waals surface area contributed by atoms with Gasteiger partial charge in [-0.1, -0.05) is 37.6 Å². The van der Waals surface area contributed by atoms with Gasteiger partial charge in [0, 0.05) is 22.4 Å². The number of Topliss-reactive ketones (excluding diaryl/α,β-unsaturated/α-hetero) is 1. The highest BCUT2D eigenvalue weighted by Crippen LogP contribution is 2.24. The number of halogens is 1. The SMILES string of the molecule is CC1=C(N=Cc2ccc(Cl)cc2)C(=O)C(C(C)C)=CC1=O. The molecule has 0 saturated heterocycles. The fraction of sp³-hybridized carbons (Fsp3) is 0.235. The van der Waals surface area contributed by atoms with Crippen LogP contribution in [0.3, 0.4) is 0 Å². The smallest absolute Gasteiger partial charge is 0.208 e. The van der Waals surface area contributed by atoms with Crippen molar-refractivity contribution in [1.82, 2.24) is 0 Å². The molecule has 1 aromatic rings. The van der Waals surface area contributed by atoms with Gasteiger partial charge in [-0.3, -0.25) is 14.6 Å². The average molecular weight is 302 g/mol. The summed E-state index contributed by atoms with van der Waals surface area (Å²) in [6.45, 7) is 5.40. The molecule has 0 saturated carbocycles. The Bertz CT molecular complexity index is 679. The Morgan fingerprint density at radius 3 is 2.33 bits per heavy atom. The summed E-state index contributed by atoms with van der Waals surface area (Å²) in [5, 5.41) is 0.636. The van der Waals surface area contributed by atoms with E-state index in [0.717, 1.165) is 5.56 Å². The summed E-state index contributed by atoms with van der Waals surface area (Å²) in [6.07, 6.45) is 2.99. The van der Waals surface area contributed by atoms with Crippen LogP contribution in [0.5, 0.6) is 0 Å². The van der Waals surface area contributed by atoms with Crippen molar-refractivity contribution in [1.29, 1.82) is 0 Å². The molecule has 0 amide bonds. The number of carbonyl (C=O) groups is 2. The van der Waals surface area contributed by atoms with E-state index in [0.29, 0.717) is 16.2 Å². The second kappa shape index (κ2) is 6.19. The van der Waals surface area contributed by atoms with E-state index in [1.54, 1.807) is 37.4 Å². The number of ketones is 2. The third kappa shape index (κ3) is 3.37. The van der Waals surface area contributed by atoms with Crippen molar-refractivity contribution in [3.63, 3.8) is 0 Å². The van der Waals surface area contributed by atoms with Gasteiger partial charge in [-0.2, -0.15) is 0 Å². The Hall–Kier alpha value is -2.00. The summed E-state index contributed by atoms with van der Waals surface area (Å²) in [6, 6.07) is 7.10. The molecule has 0 N–H and O–H groups in total. The van der Waals surface area contributed by atoms with Crippen LogP contribution < -0.4 is 0 Å². The maximum Gasteiger partial charge on any atom is 0.208 e. The van der Waals surface area contributed by atoms with Crippen LogP contribution in [0.4, 0.5) is 0 Å². The largest absolute Gasteiger partial charge is 0.290 e. The second-order valence-electron chi connectivity index (χ2n) is 5.23. The summed E-state index contributed by atoms with van der Waals surface area (Å²) in [5.74, 6) is -0.329. The fourth-order valence-corrected chi connectivity index (χ4v) is 2.14.